The van der Waals surface area contributed by atoms with Crippen molar-refractivity contribution >= 4 is 5.97 Å². The van der Waals surface area contributed by atoms with Crippen LogP contribution in [-0.2, 0) is 35.3 Å². The van der Waals surface area contributed by atoms with Crippen molar-refractivity contribution in [3.63, 3.8) is 0 Å². The summed E-state index contributed by atoms with van der Waals surface area (Å²) >= 11 is 0. The molecule has 0 aromatic carbocycles. The number of carbonyl (C=O) groups is 1. The summed E-state index contributed by atoms with van der Waals surface area (Å²) in [6.07, 6.45) is 4.55. The van der Waals surface area contributed by atoms with Gasteiger partial charge in [0.25, 0.3) is 0 Å². The van der Waals surface area contributed by atoms with Crippen molar-refractivity contribution in [2.75, 3.05) is 13.7 Å². The first-order valence-corrected chi connectivity index (χ1v) is 11.2. The molecule has 172 valence electrons. The van der Waals surface area contributed by atoms with E-state index in [0.29, 0.717) is 25.0 Å². The van der Waals surface area contributed by atoms with Crippen LogP contribution in [0.1, 0.15) is 56.9 Å². The van der Waals surface area contributed by atoms with Crippen LogP contribution in [0.3, 0.4) is 0 Å². The topological polar surface area (TPSA) is 103 Å². The van der Waals surface area contributed by atoms with Crippen LogP contribution in [0, 0.1) is 23.7 Å². The summed E-state index contributed by atoms with van der Waals surface area (Å²) in [5.74, 6) is -0.126. The molecule has 31 heavy (non-hydrogen) atoms. The third-order valence-electron chi connectivity index (χ3n) is 7.63. The van der Waals surface area contributed by atoms with Gasteiger partial charge in [-0.2, -0.15) is 0 Å². The van der Waals surface area contributed by atoms with Gasteiger partial charge in [-0.15, -0.1) is 5.10 Å². The average molecular weight is 437 g/mol. The van der Waals surface area contributed by atoms with Crippen LogP contribution in [0.2, 0.25) is 0 Å². The van der Waals surface area contributed by atoms with E-state index in [1.165, 1.54) is 7.11 Å². The molecule has 4 saturated heterocycles. The number of aromatic nitrogens is 3. The minimum Gasteiger partial charge on any atom is -0.464 e. The number of hydrogen-bond donors (Lipinski definition) is 0. The van der Waals surface area contributed by atoms with Crippen molar-refractivity contribution in [3.8, 4) is 0 Å². The van der Waals surface area contributed by atoms with Gasteiger partial charge < -0.3 is 18.9 Å². The van der Waals surface area contributed by atoms with Gasteiger partial charge in [-0.25, -0.2) is 19.3 Å². The van der Waals surface area contributed by atoms with Gasteiger partial charge in [-0.1, -0.05) is 19.1 Å². The molecule has 5 fully saturated rings. The van der Waals surface area contributed by atoms with Gasteiger partial charge in [0.2, 0.25) is 5.79 Å². The van der Waals surface area contributed by atoms with Crippen molar-refractivity contribution in [1.82, 2.24) is 15.0 Å². The zero-order chi connectivity index (χ0) is 21.8. The van der Waals surface area contributed by atoms with Crippen molar-refractivity contribution in [3.05, 3.63) is 11.9 Å². The van der Waals surface area contributed by atoms with E-state index < -0.39 is 29.9 Å². The maximum absolute atomic E-state index is 11.5. The first-order chi connectivity index (χ1) is 14.9. The molecule has 1 aliphatic carbocycles. The van der Waals surface area contributed by atoms with E-state index >= 15 is 0 Å². The van der Waals surface area contributed by atoms with Crippen molar-refractivity contribution in [2.24, 2.45) is 23.7 Å². The Morgan fingerprint density at radius 2 is 2.10 bits per heavy atom. The van der Waals surface area contributed by atoms with E-state index in [2.05, 4.69) is 28.9 Å². The predicted octanol–water partition coefficient (Wildman–Crippen LogP) is 2.29. The highest BCUT2D eigenvalue weighted by atomic mass is 17.3. The van der Waals surface area contributed by atoms with Crippen LogP contribution < -0.4 is 0 Å². The molecule has 1 aromatic heterocycles. The van der Waals surface area contributed by atoms with Crippen molar-refractivity contribution in [1.29, 1.82) is 0 Å². The van der Waals surface area contributed by atoms with E-state index in [9.17, 15) is 4.79 Å². The number of fused-ring (bicyclic) bond motifs is 2. The standard InChI is InChI=1S/C21H31N3O7/c1-12-5-6-15-13(2)18(27-10-9-24-11-16(22-23-24)17(25)26-4)28-19-21(15)14(12)7-8-20(3,29-19)30-31-21/h11-15,18-19H,5-10H2,1-4H3/t12-,13-,14+,15?,18+,19-,20+,21?/m1/s1. The molecule has 2 bridgehead atoms. The molecule has 1 aromatic rings. The van der Waals surface area contributed by atoms with E-state index in [4.69, 9.17) is 24.0 Å². The summed E-state index contributed by atoms with van der Waals surface area (Å²) in [6, 6.07) is 0. The second-order valence-electron chi connectivity index (χ2n) is 9.50. The molecule has 10 nitrogen and oxygen atoms in total. The van der Waals surface area contributed by atoms with Gasteiger partial charge >= 0.3 is 5.97 Å². The van der Waals surface area contributed by atoms with Crippen LogP contribution in [0.25, 0.3) is 0 Å². The zero-order valence-electron chi connectivity index (χ0n) is 18.5. The van der Waals surface area contributed by atoms with Gasteiger partial charge in [-0.05, 0) is 38.0 Å². The minimum absolute atomic E-state index is 0.113. The van der Waals surface area contributed by atoms with Gasteiger partial charge in [0.1, 0.15) is 0 Å². The molecule has 8 atom stereocenters. The van der Waals surface area contributed by atoms with E-state index in [-0.39, 0.29) is 17.5 Å². The van der Waals surface area contributed by atoms with E-state index in [1.54, 1.807) is 10.9 Å². The molecular formula is C21H31N3O7. The highest BCUT2D eigenvalue weighted by molar-refractivity contribution is 5.86. The van der Waals surface area contributed by atoms with Gasteiger partial charge in [0, 0.05) is 18.3 Å². The Hall–Kier alpha value is -1.59. The Kier molecular flexibility index (Phi) is 5.33. The van der Waals surface area contributed by atoms with Crippen LogP contribution in [0.15, 0.2) is 6.20 Å². The second kappa shape index (κ2) is 7.77. The Bertz CT molecular complexity index is 834. The number of carbonyl (C=O) groups excluding carboxylic acids is 1. The number of methoxy groups -OCH3 is 1. The van der Waals surface area contributed by atoms with Gasteiger partial charge in [0.05, 0.1) is 26.5 Å². The van der Waals surface area contributed by atoms with Crippen LogP contribution in [0.4, 0.5) is 0 Å². The Morgan fingerprint density at radius 3 is 2.90 bits per heavy atom. The monoisotopic (exact) mass is 437 g/mol. The Morgan fingerprint density at radius 1 is 1.26 bits per heavy atom. The maximum Gasteiger partial charge on any atom is 0.360 e. The van der Waals surface area contributed by atoms with Crippen LogP contribution in [-0.4, -0.2) is 58.6 Å². The maximum atomic E-state index is 11.5. The summed E-state index contributed by atoms with van der Waals surface area (Å²) in [6.45, 7) is 7.16. The van der Waals surface area contributed by atoms with Crippen molar-refractivity contribution < 1.29 is 33.5 Å². The smallest absolute Gasteiger partial charge is 0.360 e. The molecule has 0 radical (unpaired) electrons. The highest BCUT2D eigenvalue weighted by Gasteiger charge is 2.69. The molecule has 1 spiro atoms. The second-order valence-corrected chi connectivity index (χ2v) is 9.50. The van der Waals surface area contributed by atoms with Crippen LogP contribution in [0.5, 0.6) is 0 Å². The van der Waals surface area contributed by atoms with Crippen LogP contribution >= 0.6 is 0 Å². The number of ether oxygens (including phenoxy) is 4. The fourth-order valence-electron chi connectivity index (χ4n) is 5.93. The molecular weight excluding hydrogens is 406 g/mol. The highest BCUT2D eigenvalue weighted by Crippen LogP contribution is 2.60. The zero-order valence-corrected chi connectivity index (χ0v) is 18.5. The SMILES string of the molecule is COC(=O)c1cn(CCO[C@H]2O[C@@H]3O[C@]4(C)CC[C@H]5[C@H](C)CCC([C@H]2C)C35OO4)nn1. The summed E-state index contributed by atoms with van der Waals surface area (Å²) in [5.41, 5.74) is -0.420. The molecule has 6 rings (SSSR count). The van der Waals surface area contributed by atoms with Gasteiger partial charge in [-0.3, -0.25) is 0 Å². The molecule has 0 N–H and O–H groups in total. The molecule has 1 saturated carbocycles. The third kappa shape index (κ3) is 3.39. The molecule has 4 aliphatic heterocycles. The third-order valence-corrected chi connectivity index (χ3v) is 7.63. The quantitative estimate of drug-likeness (QED) is 0.507. The number of nitrogens with zero attached hydrogens (tertiary/aromatic N) is 3. The molecule has 2 unspecified atom stereocenters. The van der Waals surface area contributed by atoms with Crippen molar-refractivity contribution in [2.45, 2.75) is 77.0 Å². The number of rotatable bonds is 5. The van der Waals surface area contributed by atoms with E-state index in [0.717, 1.165) is 25.7 Å². The lowest BCUT2D eigenvalue weighted by Gasteiger charge is -2.60. The molecule has 5 heterocycles. The molecule has 10 heteroatoms. The summed E-state index contributed by atoms with van der Waals surface area (Å²) in [5, 5.41) is 7.76. The lowest BCUT2D eigenvalue weighted by Crippen LogP contribution is -2.70. The molecule has 5 aliphatic rings. The first kappa shape index (κ1) is 21.3. The lowest BCUT2D eigenvalue weighted by atomic mass is 9.58. The minimum atomic E-state index is -0.798. The fourth-order valence-corrected chi connectivity index (χ4v) is 5.93. The fraction of sp³-hybridized carbons (Fsp3) is 0.857. The van der Waals surface area contributed by atoms with E-state index in [1.807, 2.05) is 6.92 Å². The van der Waals surface area contributed by atoms with Gasteiger partial charge in [0.15, 0.2) is 23.9 Å². The summed E-state index contributed by atoms with van der Waals surface area (Å²) in [4.78, 5) is 23.5. The number of esters is 1. The Balaban J connectivity index is 1.29. The molecule has 0 amide bonds. The largest absolute Gasteiger partial charge is 0.464 e. The average Bonchev–Trinajstić information content (AvgIpc) is 3.11. The number of hydrogen-bond acceptors (Lipinski definition) is 9. The normalized spacial score (nSPS) is 43.9. The Labute approximate surface area is 181 Å². The lowest BCUT2D eigenvalue weighted by molar-refractivity contribution is -0.577. The first-order valence-electron chi connectivity index (χ1n) is 11.2. The summed E-state index contributed by atoms with van der Waals surface area (Å²) in [7, 11) is 1.31. The summed E-state index contributed by atoms with van der Waals surface area (Å²) < 4.78 is 25.1. The predicted molar refractivity (Wildman–Crippen MR) is 104 cm³/mol.